The van der Waals surface area contributed by atoms with E-state index in [0.29, 0.717) is 18.7 Å². The second-order valence-electron chi connectivity index (χ2n) is 6.66. The summed E-state index contributed by atoms with van der Waals surface area (Å²) < 4.78 is 0. The minimum absolute atomic E-state index is 0.0216. The molecule has 1 unspecified atom stereocenters. The molecule has 1 aliphatic rings. The summed E-state index contributed by atoms with van der Waals surface area (Å²) >= 11 is 6.31. The maximum Gasteiger partial charge on any atom is 0.251 e. The normalized spacial score (nSPS) is 16.0. The number of carbonyl (C=O) groups is 2. The van der Waals surface area contributed by atoms with Crippen molar-refractivity contribution in [2.75, 3.05) is 32.7 Å². The van der Waals surface area contributed by atoms with E-state index in [2.05, 4.69) is 17.1 Å². The predicted octanol–water partition coefficient (Wildman–Crippen LogP) is 2.98. The molecule has 0 aliphatic carbocycles. The average molecular weight is 386 g/mol. The number of nitrogens with one attached hydrogen (secondary N) is 1. The van der Waals surface area contributed by atoms with E-state index >= 15 is 0 Å². The Labute approximate surface area is 164 Å². The van der Waals surface area contributed by atoms with Crippen molar-refractivity contribution < 1.29 is 9.59 Å². The number of amides is 2. The van der Waals surface area contributed by atoms with Crippen LogP contribution in [0.2, 0.25) is 5.02 Å². The maximum absolute atomic E-state index is 12.4. The number of hydrogen-bond donors (Lipinski definition) is 1. The molecule has 1 aliphatic heterocycles. The number of nitrogens with zero attached hydrogens (tertiary/aromatic N) is 2. The van der Waals surface area contributed by atoms with Crippen molar-refractivity contribution in [2.45, 2.75) is 13.0 Å². The van der Waals surface area contributed by atoms with Crippen LogP contribution in [-0.4, -0.2) is 54.3 Å². The summed E-state index contributed by atoms with van der Waals surface area (Å²) in [7, 11) is 0. The Hall–Kier alpha value is -2.37. The lowest BCUT2D eigenvalue weighted by atomic mass is 10.1. The van der Waals surface area contributed by atoms with Crippen LogP contribution < -0.4 is 5.32 Å². The van der Waals surface area contributed by atoms with Crippen molar-refractivity contribution >= 4 is 23.4 Å². The zero-order valence-corrected chi connectivity index (χ0v) is 16.2. The van der Waals surface area contributed by atoms with Gasteiger partial charge in [-0.3, -0.25) is 14.5 Å². The third kappa shape index (κ3) is 4.87. The van der Waals surface area contributed by atoms with Crippen LogP contribution in [0.25, 0.3) is 0 Å². The Morgan fingerprint density at radius 2 is 1.63 bits per heavy atom. The van der Waals surface area contributed by atoms with Gasteiger partial charge >= 0.3 is 0 Å². The fraction of sp³-hybridized carbons (Fsp3) is 0.333. The molecule has 6 heteroatoms. The summed E-state index contributed by atoms with van der Waals surface area (Å²) in [6.07, 6.45) is 0. The van der Waals surface area contributed by atoms with Gasteiger partial charge in [0.1, 0.15) is 0 Å². The fourth-order valence-corrected chi connectivity index (χ4v) is 3.62. The first-order valence-corrected chi connectivity index (χ1v) is 9.53. The van der Waals surface area contributed by atoms with Crippen molar-refractivity contribution in [3.63, 3.8) is 0 Å². The molecular weight excluding hydrogens is 362 g/mol. The van der Waals surface area contributed by atoms with Gasteiger partial charge in [0.15, 0.2) is 0 Å². The number of benzene rings is 2. The third-order valence-electron chi connectivity index (χ3n) is 5.01. The van der Waals surface area contributed by atoms with Crippen molar-refractivity contribution in [3.8, 4) is 0 Å². The van der Waals surface area contributed by atoms with E-state index in [0.717, 1.165) is 23.7 Å². The summed E-state index contributed by atoms with van der Waals surface area (Å²) in [5.41, 5.74) is 1.66. The van der Waals surface area contributed by atoms with E-state index in [1.165, 1.54) is 0 Å². The highest BCUT2D eigenvalue weighted by atomic mass is 35.5. The van der Waals surface area contributed by atoms with Gasteiger partial charge in [-0.25, -0.2) is 0 Å². The standard InChI is InChI=1S/C21H24ClN3O2/c1-16(18-9-5-6-10-19(18)22)24-11-13-25(14-12-24)20(26)15-23-21(27)17-7-3-2-4-8-17/h2-10,16H,11-15H2,1H3,(H,23,27). The molecule has 27 heavy (non-hydrogen) atoms. The van der Waals surface area contributed by atoms with Crippen LogP contribution in [0.3, 0.4) is 0 Å². The van der Waals surface area contributed by atoms with E-state index < -0.39 is 0 Å². The molecule has 1 heterocycles. The molecule has 2 aromatic carbocycles. The summed E-state index contributed by atoms with van der Waals surface area (Å²) in [6, 6.07) is 17.0. The first-order valence-electron chi connectivity index (χ1n) is 9.16. The Morgan fingerprint density at radius 3 is 2.30 bits per heavy atom. The fourth-order valence-electron chi connectivity index (χ4n) is 3.33. The molecule has 2 aromatic rings. The highest BCUT2D eigenvalue weighted by molar-refractivity contribution is 6.31. The van der Waals surface area contributed by atoms with Gasteiger partial charge < -0.3 is 10.2 Å². The molecule has 142 valence electrons. The Balaban J connectivity index is 1.48. The topological polar surface area (TPSA) is 52.6 Å². The zero-order chi connectivity index (χ0) is 19.2. The van der Waals surface area contributed by atoms with Gasteiger partial charge in [0.05, 0.1) is 6.54 Å². The lowest BCUT2D eigenvalue weighted by Gasteiger charge is -2.38. The number of rotatable bonds is 5. The molecule has 0 aromatic heterocycles. The second kappa shape index (κ2) is 9.02. The largest absolute Gasteiger partial charge is 0.343 e. The number of halogens is 1. The lowest BCUT2D eigenvalue weighted by molar-refractivity contribution is -0.132. The number of carbonyl (C=O) groups excluding carboxylic acids is 2. The van der Waals surface area contributed by atoms with Gasteiger partial charge in [-0.05, 0) is 30.7 Å². The quantitative estimate of drug-likeness (QED) is 0.860. The van der Waals surface area contributed by atoms with Crippen molar-refractivity contribution in [3.05, 3.63) is 70.7 Å². The van der Waals surface area contributed by atoms with Crippen LogP contribution >= 0.6 is 11.6 Å². The minimum atomic E-state index is -0.227. The van der Waals surface area contributed by atoms with E-state index in [1.807, 2.05) is 30.3 Å². The number of hydrogen-bond acceptors (Lipinski definition) is 3. The highest BCUT2D eigenvalue weighted by Crippen LogP contribution is 2.27. The molecule has 1 saturated heterocycles. The van der Waals surface area contributed by atoms with E-state index in [9.17, 15) is 9.59 Å². The summed E-state index contributed by atoms with van der Waals surface area (Å²) in [6.45, 7) is 5.02. The van der Waals surface area contributed by atoms with Gasteiger partial charge in [-0.1, -0.05) is 48.0 Å². The van der Waals surface area contributed by atoms with E-state index in [4.69, 9.17) is 11.6 Å². The van der Waals surface area contributed by atoms with Gasteiger partial charge in [0.25, 0.3) is 5.91 Å². The van der Waals surface area contributed by atoms with Crippen LogP contribution in [0.1, 0.15) is 28.9 Å². The molecule has 0 saturated carbocycles. The van der Waals surface area contributed by atoms with Crippen LogP contribution in [0, 0.1) is 0 Å². The van der Waals surface area contributed by atoms with E-state index in [1.54, 1.807) is 29.2 Å². The minimum Gasteiger partial charge on any atom is -0.343 e. The monoisotopic (exact) mass is 385 g/mol. The molecule has 1 fully saturated rings. The molecule has 1 N–H and O–H groups in total. The van der Waals surface area contributed by atoms with Crippen LogP contribution in [0.5, 0.6) is 0 Å². The Bertz CT molecular complexity index is 789. The first kappa shape index (κ1) is 19.4. The zero-order valence-electron chi connectivity index (χ0n) is 15.4. The van der Waals surface area contributed by atoms with Gasteiger partial charge in [-0.2, -0.15) is 0 Å². The second-order valence-corrected chi connectivity index (χ2v) is 7.07. The SMILES string of the molecule is CC(c1ccccc1Cl)N1CCN(C(=O)CNC(=O)c2ccccc2)CC1. The molecule has 2 amide bonds. The molecule has 5 nitrogen and oxygen atoms in total. The number of piperazine rings is 1. The van der Waals surface area contributed by atoms with Crippen LogP contribution in [0.15, 0.2) is 54.6 Å². The molecule has 3 rings (SSSR count). The molecule has 1 atom stereocenters. The third-order valence-corrected chi connectivity index (χ3v) is 5.35. The van der Waals surface area contributed by atoms with Crippen molar-refractivity contribution in [1.82, 2.24) is 15.1 Å². The summed E-state index contributed by atoms with van der Waals surface area (Å²) in [5, 5.41) is 3.47. The molecule has 0 radical (unpaired) electrons. The lowest BCUT2D eigenvalue weighted by Crippen LogP contribution is -2.51. The van der Waals surface area contributed by atoms with Gasteiger partial charge in [-0.15, -0.1) is 0 Å². The Kier molecular flexibility index (Phi) is 6.48. The van der Waals surface area contributed by atoms with Gasteiger partial charge in [0.2, 0.25) is 5.91 Å². The Morgan fingerprint density at radius 1 is 1.00 bits per heavy atom. The van der Waals surface area contributed by atoms with Crippen LogP contribution in [0.4, 0.5) is 0 Å². The predicted molar refractivity (Wildman–Crippen MR) is 107 cm³/mol. The first-order chi connectivity index (χ1) is 13.1. The van der Waals surface area contributed by atoms with E-state index in [-0.39, 0.29) is 24.4 Å². The van der Waals surface area contributed by atoms with Crippen molar-refractivity contribution in [2.24, 2.45) is 0 Å². The van der Waals surface area contributed by atoms with Gasteiger partial charge in [0, 0.05) is 42.8 Å². The smallest absolute Gasteiger partial charge is 0.251 e. The summed E-state index contributed by atoms with van der Waals surface area (Å²) in [5.74, 6) is -0.278. The van der Waals surface area contributed by atoms with Crippen LogP contribution in [-0.2, 0) is 4.79 Å². The molecule has 0 bridgehead atoms. The van der Waals surface area contributed by atoms with Crippen molar-refractivity contribution in [1.29, 1.82) is 0 Å². The average Bonchev–Trinajstić information content (AvgIpc) is 2.72. The molecular formula is C21H24ClN3O2. The summed E-state index contributed by atoms with van der Waals surface area (Å²) in [4.78, 5) is 28.6. The molecule has 0 spiro atoms. The highest BCUT2D eigenvalue weighted by Gasteiger charge is 2.25. The maximum atomic E-state index is 12.4.